The Balaban J connectivity index is 1.84. The standard InChI is InChI=1S/C20H30BrN3O2/c1-4-15(12-16-6-5-7-18(21)13-16)14-23-20(22-2)24-10-8-17(9-11-24)19(25)26-3/h5-7,13,15,17H,4,8-12,14H2,1-3H3,(H,22,23). The Hall–Kier alpha value is -1.56. The number of halogens is 1. The van der Waals surface area contributed by atoms with Crippen LogP contribution in [0.4, 0.5) is 0 Å². The molecule has 6 heteroatoms. The Labute approximate surface area is 165 Å². The maximum Gasteiger partial charge on any atom is 0.308 e. The van der Waals surface area contributed by atoms with E-state index in [1.54, 1.807) is 0 Å². The number of nitrogens with zero attached hydrogens (tertiary/aromatic N) is 2. The zero-order chi connectivity index (χ0) is 18.9. The summed E-state index contributed by atoms with van der Waals surface area (Å²) in [6.07, 6.45) is 3.80. The molecule has 0 radical (unpaired) electrons. The number of esters is 1. The van der Waals surface area contributed by atoms with Gasteiger partial charge in [0.2, 0.25) is 0 Å². The minimum Gasteiger partial charge on any atom is -0.469 e. The number of nitrogens with one attached hydrogen (secondary N) is 1. The van der Waals surface area contributed by atoms with Crippen molar-refractivity contribution in [3.8, 4) is 0 Å². The average Bonchev–Trinajstić information content (AvgIpc) is 2.67. The van der Waals surface area contributed by atoms with Crippen LogP contribution in [0.2, 0.25) is 0 Å². The second-order valence-electron chi connectivity index (χ2n) is 6.82. The lowest BCUT2D eigenvalue weighted by Gasteiger charge is -2.33. The molecule has 1 atom stereocenters. The van der Waals surface area contributed by atoms with Gasteiger partial charge in [0, 0.05) is 31.2 Å². The zero-order valence-corrected chi connectivity index (χ0v) is 17.6. The molecule has 0 aromatic heterocycles. The summed E-state index contributed by atoms with van der Waals surface area (Å²) in [5, 5.41) is 3.53. The number of ether oxygens (including phenoxy) is 1. The van der Waals surface area contributed by atoms with E-state index in [1.165, 1.54) is 12.7 Å². The smallest absolute Gasteiger partial charge is 0.308 e. The molecule has 144 valence electrons. The van der Waals surface area contributed by atoms with E-state index in [2.05, 4.69) is 62.3 Å². The summed E-state index contributed by atoms with van der Waals surface area (Å²) in [5.41, 5.74) is 1.35. The number of carbonyl (C=O) groups excluding carboxylic acids is 1. The third-order valence-corrected chi connectivity index (χ3v) is 5.57. The van der Waals surface area contributed by atoms with Crippen LogP contribution in [0.3, 0.4) is 0 Å². The van der Waals surface area contributed by atoms with E-state index in [9.17, 15) is 4.79 Å². The lowest BCUT2D eigenvalue weighted by molar-refractivity contribution is -0.146. The van der Waals surface area contributed by atoms with Gasteiger partial charge in [-0.1, -0.05) is 41.4 Å². The van der Waals surface area contributed by atoms with Crippen LogP contribution in [-0.4, -0.2) is 50.6 Å². The minimum atomic E-state index is -0.0901. The minimum absolute atomic E-state index is 0.0225. The first-order valence-corrected chi connectivity index (χ1v) is 10.1. The fourth-order valence-corrected chi connectivity index (χ4v) is 3.87. The molecule has 1 aliphatic heterocycles. The van der Waals surface area contributed by atoms with Crippen LogP contribution in [0.15, 0.2) is 33.7 Å². The largest absolute Gasteiger partial charge is 0.469 e. The first-order valence-electron chi connectivity index (χ1n) is 9.35. The van der Waals surface area contributed by atoms with Crippen LogP contribution in [0.5, 0.6) is 0 Å². The molecule has 1 aromatic carbocycles. The molecule has 0 bridgehead atoms. The van der Waals surface area contributed by atoms with Crippen LogP contribution in [0.1, 0.15) is 31.7 Å². The van der Waals surface area contributed by atoms with Crippen LogP contribution in [0.25, 0.3) is 0 Å². The number of aliphatic imine (C=N–C) groups is 1. The van der Waals surface area contributed by atoms with E-state index in [0.717, 1.165) is 55.7 Å². The van der Waals surface area contributed by atoms with Crippen LogP contribution in [-0.2, 0) is 16.0 Å². The number of piperidine rings is 1. The molecule has 26 heavy (non-hydrogen) atoms. The maximum absolute atomic E-state index is 11.7. The van der Waals surface area contributed by atoms with Gasteiger partial charge in [0.15, 0.2) is 5.96 Å². The summed E-state index contributed by atoms with van der Waals surface area (Å²) in [7, 11) is 3.29. The molecule has 0 amide bonds. The Kier molecular flexibility index (Phi) is 8.42. The van der Waals surface area contributed by atoms with E-state index in [0.29, 0.717) is 5.92 Å². The van der Waals surface area contributed by atoms with Crippen LogP contribution < -0.4 is 5.32 Å². The second kappa shape index (κ2) is 10.6. The summed E-state index contributed by atoms with van der Waals surface area (Å²) in [5.74, 6) is 1.41. The molecule has 0 saturated carbocycles. The van der Waals surface area contributed by atoms with E-state index in [1.807, 2.05) is 7.05 Å². The summed E-state index contributed by atoms with van der Waals surface area (Å²) in [6, 6.07) is 8.52. The molecule has 5 nitrogen and oxygen atoms in total. The van der Waals surface area contributed by atoms with Crippen molar-refractivity contribution in [1.82, 2.24) is 10.2 Å². The van der Waals surface area contributed by atoms with Gasteiger partial charge in [-0.3, -0.25) is 9.79 Å². The Bertz CT molecular complexity index is 613. The summed E-state index contributed by atoms with van der Waals surface area (Å²) in [6.45, 7) is 4.80. The first-order chi connectivity index (χ1) is 12.6. The number of likely N-dealkylation sites (tertiary alicyclic amines) is 1. The summed E-state index contributed by atoms with van der Waals surface area (Å²) in [4.78, 5) is 18.4. The van der Waals surface area contributed by atoms with Crippen molar-refractivity contribution in [2.45, 2.75) is 32.6 Å². The van der Waals surface area contributed by atoms with E-state index in [4.69, 9.17) is 4.74 Å². The number of guanidine groups is 1. The molecule has 1 saturated heterocycles. The van der Waals surface area contributed by atoms with Crippen molar-refractivity contribution in [3.63, 3.8) is 0 Å². The van der Waals surface area contributed by atoms with Crippen molar-refractivity contribution >= 4 is 27.9 Å². The van der Waals surface area contributed by atoms with Gasteiger partial charge in [0.25, 0.3) is 0 Å². The van der Waals surface area contributed by atoms with Crippen LogP contribution >= 0.6 is 15.9 Å². The molecule has 1 aromatic rings. The average molecular weight is 424 g/mol. The fourth-order valence-electron chi connectivity index (χ4n) is 3.42. The molecule has 1 aliphatic rings. The normalized spacial score (nSPS) is 17.1. The predicted molar refractivity (Wildman–Crippen MR) is 109 cm³/mol. The van der Waals surface area contributed by atoms with Gasteiger partial charge < -0.3 is 15.0 Å². The summed E-state index contributed by atoms with van der Waals surface area (Å²) < 4.78 is 5.99. The van der Waals surface area contributed by atoms with Crippen molar-refractivity contribution in [1.29, 1.82) is 0 Å². The van der Waals surface area contributed by atoms with E-state index in [-0.39, 0.29) is 11.9 Å². The highest BCUT2D eigenvalue weighted by molar-refractivity contribution is 9.10. The summed E-state index contributed by atoms with van der Waals surface area (Å²) >= 11 is 3.55. The fraction of sp³-hybridized carbons (Fsp3) is 0.600. The molecule has 1 unspecified atom stereocenters. The quantitative estimate of drug-likeness (QED) is 0.432. The van der Waals surface area contributed by atoms with Gasteiger partial charge in [-0.2, -0.15) is 0 Å². The van der Waals surface area contributed by atoms with Crippen molar-refractivity contribution < 1.29 is 9.53 Å². The van der Waals surface area contributed by atoms with Gasteiger partial charge in [-0.25, -0.2) is 0 Å². The van der Waals surface area contributed by atoms with Gasteiger partial charge in [0.05, 0.1) is 13.0 Å². The highest BCUT2D eigenvalue weighted by atomic mass is 79.9. The lowest BCUT2D eigenvalue weighted by Crippen LogP contribution is -2.47. The number of methoxy groups -OCH3 is 1. The predicted octanol–water partition coefficient (Wildman–Crippen LogP) is 3.48. The topological polar surface area (TPSA) is 53.9 Å². The molecular weight excluding hydrogens is 394 g/mol. The van der Waals surface area contributed by atoms with Crippen molar-refractivity contribution in [3.05, 3.63) is 34.3 Å². The molecule has 0 spiro atoms. The van der Waals surface area contributed by atoms with E-state index >= 15 is 0 Å². The molecule has 1 N–H and O–H groups in total. The first kappa shape index (κ1) is 20.7. The molecule has 0 aliphatic carbocycles. The van der Waals surface area contributed by atoms with Gasteiger partial charge in [0.1, 0.15) is 0 Å². The van der Waals surface area contributed by atoms with Crippen molar-refractivity contribution in [2.75, 3.05) is 33.8 Å². The number of hydrogen-bond acceptors (Lipinski definition) is 3. The number of rotatable bonds is 6. The third kappa shape index (κ3) is 6.01. The Morgan fingerprint density at radius 1 is 1.42 bits per heavy atom. The molecular formula is C20H30BrN3O2. The third-order valence-electron chi connectivity index (χ3n) is 5.08. The molecule has 2 rings (SSSR count). The Morgan fingerprint density at radius 3 is 2.73 bits per heavy atom. The van der Waals surface area contributed by atoms with E-state index < -0.39 is 0 Å². The van der Waals surface area contributed by atoms with Crippen LogP contribution in [0, 0.1) is 11.8 Å². The van der Waals surface area contributed by atoms with Gasteiger partial charge in [-0.15, -0.1) is 0 Å². The lowest BCUT2D eigenvalue weighted by atomic mass is 9.96. The highest BCUT2D eigenvalue weighted by Crippen LogP contribution is 2.19. The number of hydrogen-bond donors (Lipinski definition) is 1. The SMILES string of the molecule is CCC(CNC(=NC)N1CCC(C(=O)OC)CC1)Cc1cccc(Br)c1. The van der Waals surface area contributed by atoms with Crippen molar-refractivity contribution in [2.24, 2.45) is 16.8 Å². The van der Waals surface area contributed by atoms with Gasteiger partial charge in [-0.05, 0) is 42.9 Å². The monoisotopic (exact) mass is 423 g/mol. The second-order valence-corrected chi connectivity index (χ2v) is 7.74. The Morgan fingerprint density at radius 2 is 2.15 bits per heavy atom. The maximum atomic E-state index is 11.7. The highest BCUT2D eigenvalue weighted by Gasteiger charge is 2.27. The van der Waals surface area contributed by atoms with Gasteiger partial charge >= 0.3 is 5.97 Å². The molecule has 1 fully saturated rings. The number of benzene rings is 1. The zero-order valence-electron chi connectivity index (χ0n) is 16.0. The molecule has 1 heterocycles. The number of carbonyl (C=O) groups is 1.